The highest BCUT2D eigenvalue weighted by atomic mass is 79.9. The lowest BCUT2D eigenvalue weighted by molar-refractivity contribution is 0.0600. The Hall–Kier alpha value is -3.65. The molecule has 0 saturated heterocycles. The fraction of sp³-hybridized carbons (Fsp3) is 0.0870. The quantitative estimate of drug-likeness (QED) is 0.237. The van der Waals surface area contributed by atoms with Gasteiger partial charge in [0.2, 0.25) is 0 Å². The number of esters is 1. The van der Waals surface area contributed by atoms with E-state index in [9.17, 15) is 9.59 Å². The Morgan fingerprint density at radius 3 is 2.74 bits per heavy atom. The van der Waals surface area contributed by atoms with Crippen LogP contribution in [0.25, 0.3) is 22.3 Å². The maximum Gasteiger partial charge on any atom is 0.338 e. The van der Waals surface area contributed by atoms with Crippen LogP contribution in [-0.4, -0.2) is 25.2 Å². The summed E-state index contributed by atoms with van der Waals surface area (Å²) in [5.41, 5.74) is 5.01. The molecule has 8 heteroatoms. The van der Waals surface area contributed by atoms with Crippen LogP contribution < -0.4 is 5.43 Å². The van der Waals surface area contributed by atoms with E-state index in [4.69, 9.17) is 13.6 Å². The van der Waals surface area contributed by atoms with Gasteiger partial charge in [0.15, 0.2) is 5.76 Å². The predicted octanol–water partition coefficient (Wildman–Crippen LogP) is 5.31. The summed E-state index contributed by atoms with van der Waals surface area (Å²) >= 11 is 3.39. The normalized spacial score (nSPS) is 11.2. The van der Waals surface area contributed by atoms with E-state index in [2.05, 4.69) is 26.5 Å². The Morgan fingerprint density at radius 2 is 1.94 bits per heavy atom. The minimum atomic E-state index is -0.475. The van der Waals surface area contributed by atoms with Crippen LogP contribution in [0.3, 0.4) is 0 Å². The molecule has 4 aromatic rings. The number of carbonyl (C=O) groups excluding carboxylic acids is 2. The van der Waals surface area contributed by atoms with Gasteiger partial charge in [-0.05, 0) is 55.0 Å². The number of nitrogens with one attached hydrogen (secondary N) is 1. The fourth-order valence-corrected chi connectivity index (χ4v) is 3.52. The van der Waals surface area contributed by atoms with Crippen LogP contribution in [0.4, 0.5) is 0 Å². The number of halogens is 1. The Labute approximate surface area is 185 Å². The average molecular weight is 481 g/mol. The van der Waals surface area contributed by atoms with Gasteiger partial charge in [-0.25, -0.2) is 10.2 Å². The number of rotatable bonds is 5. The molecule has 2 aromatic carbocycles. The number of fused-ring (bicyclic) bond motifs is 1. The van der Waals surface area contributed by atoms with Gasteiger partial charge in [-0.3, -0.25) is 4.79 Å². The highest BCUT2D eigenvalue weighted by molar-refractivity contribution is 9.10. The summed E-state index contributed by atoms with van der Waals surface area (Å²) in [5, 5.41) is 4.74. The van der Waals surface area contributed by atoms with Crippen LogP contribution in [0.2, 0.25) is 0 Å². The zero-order valence-corrected chi connectivity index (χ0v) is 18.2. The number of hydrogen-bond acceptors (Lipinski definition) is 6. The van der Waals surface area contributed by atoms with Crippen molar-refractivity contribution in [3.8, 4) is 11.3 Å². The largest absolute Gasteiger partial charge is 0.465 e. The summed E-state index contributed by atoms with van der Waals surface area (Å²) < 4.78 is 17.0. The molecular formula is C23H17BrN2O5. The SMILES string of the molecule is COC(=O)c1cccc(-c2ccc(/C=N/NC(=O)c3cc4cc(Br)ccc4o3)o2)c1C. The highest BCUT2D eigenvalue weighted by Gasteiger charge is 2.15. The van der Waals surface area contributed by atoms with Gasteiger partial charge < -0.3 is 13.6 Å². The molecule has 0 aliphatic heterocycles. The minimum absolute atomic E-state index is 0.153. The number of carbonyl (C=O) groups is 2. The molecule has 2 heterocycles. The molecule has 0 unspecified atom stereocenters. The second kappa shape index (κ2) is 8.61. The van der Waals surface area contributed by atoms with E-state index >= 15 is 0 Å². The molecule has 7 nitrogen and oxygen atoms in total. The molecule has 0 spiro atoms. The van der Waals surface area contributed by atoms with Crippen molar-refractivity contribution >= 4 is 45.0 Å². The smallest absolute Gasteiger partial charge is 0.338 e. The number of nitrogens with zero attached hydrogens (tertiary/aromatic N) is 1. The molecule has 2 aromatic heterocycles. The van der Waals surface area contributed by atoms with Crippen molar-refractivity contribution in [2.75, 3.05) is 7.11 Å². The van der Waals surface area contributed by atoms with E-state index in [1.165, 1.54) is 13.3 Å². The summed E-state index contributed by atoms with van der Waals surface area (Å²) in [6, 6.07) is 15.9. The monoisotopic (exact) mass is 480 g/mol. The Bertz CT molecular complexity index is 1320. The van der Waals surface area contributed by atoms with E-state index in [-0.39, 0.29) is 5.76 Å². The topological polar surface area (TPSA) is 94.0 Å². The molecule has 0 saturated carbocycles. The number of amides is 1. The van der Waals surface area contributed by atoms with E-state index < -0.39 is 11.9 Å². The Kier molecular flexibility index (Phi) is 5.73. The predicted molar refractivity (Wildman–Crippen MR) is 119 cm³/mol. The van der Waals surface area contributed by atoms with Gasteiger partial charge in [0.25, 0.3) is 0 Å². The molecular weight excluding hydrogens is 464 g/mol. The number of methoxy groups -OCH3 is 1. The summed E-state index contributed by atoms with van der Waals surface area (Å²) in [6.45, 7) is 1.82. The van der Waals surface area contributed by atoms with E-state index in [0.717, 1.165) is 21.0 Å². The van der Waals surface area contributed by atoms with Crippen LogP contribution in [0.15, 0.2) is 73.0 Å². The van der Waals surface area contributed by atoms with Gasteiger partial charge >= 0.3 is 11.9 Å². The summed E-state index contributed by atoms with van der Waals surface area (Å²) in [5.74, 6) is 0.275. The van der Waals surface area contributed by atoms with Crippen molar-refractivity contribution in [1.82, 2.24) is 5.43 Å². The maximum absolute atomic E-state index is 12.3. The Balaban J connectivity index is 1.47. The van der Waals surface area contributed by atoms with Crippen molar-refractivity contribution in [1.29, 1.82) is 0 Å². The number of benzene rings is 2. The highest BCUT2D eigenvalue weighted by Crippen LogP contribution is 2.28. The van der Waals surface area contributed by atoms with E-state index in [0.29, 0.717) is 22.7 Å². The van der Waals surface area contributed by atoms with Crippen LogP contribution in [-0.2, 0) is 4.74 Å². The van der Waals surface area contributed by atoms with Crippen molar-refractivity contribution in [3.63, 3.8) is 0 Å². The first-order chi connectivity index (χ1) is 15.0. The number of ether oxygens (including phenoxy) is 1. The lowest BCUT2D eigenvalue weighted by Gasteiger charge is -2.07. The first-order valence-electron chi connectivity index (χ1n) is 9.27. The van der Waals surface area contributed by atoms with Gasteiger partial charge in [0.05, 0.1) is 18.9 Å². The number of hydrogen-bond donors (Lipinski definition) is 1. The Morgan fingerprint density at radius 1 is 1.10 bits per heavy atom. The third kappa shape index (κ3) is 4.29. The number of furan rings is 2. The lowest BCUT2D eigenvalue weighted by atomic mass is 10.0. The summed E-state index contributed by atoms with van der Waals surface area (Å²) in [7, 11) is 1.34. The van der Waals surface area contributed by atoms with Crippen LogP contribution >= 0.6 is 15.9 Å². The van der Waals surface area contributed by atoms with Crippen LogP contribution in [0.5, 0.6) is 0 Å². The van der Waals surface area contributed by atoms with Crippen molar-refractivity contribution in [2.45, 2.75) is 6.92 Å². The zero-order valence-electron chi connectivity index (χ0n) is 16.6. The average Bonchev–Trinajstić information content (AvgIpc) is 3.40. The van der Waals surface area contributed by atoms with E-state index in [1.807, 2.05) is 25.1 Å². The molecule has 1 N–H and O–H groups in total. The first kappa shape index (κ1) is 20.6. The molecule has 31 heavy (non-hydrogen) atoms. The molecule has 0 atom stereocenters. The van der Waals surface area contributed by atoms with Gasteiger partial charge in [-0.1, -0.05) is 28.1 Å². The van der Waals surface area contributed by atoms with E-state index in [1.54, 1.807) is 36.4 Å². The zero-order chi connectivity index (χ0) is 22.0. The van der Waals surface area contributed by atoms with Gasteiger partial charge in [-0.15, -0.1) is 0 Å². The summed E-state index contributed by atoms with van der Waals surface area (Å²) in [4.78, 5) is 24.2. The lowest BCUT2D eigenvalue weighted by Crippen LogP contribution is -2.16. The van der Waals surface area contributed by atoms with Gasteiger partial charge in [0, 0.05) is 15.4 Å². The third-order valence-electron chi connectivity index (χ3n) is 4.69. The summed E-state index contributed by atoms with van der Waals surface area (Å²) in [6.07, 6.45) is 1.39. The first-order valence-corrected chi connectivity index (χ1v) is 10.1. The number of hydrazone groups is 1. The molecule has 156 valence electrons. The molecule has 0 fully saturated rings. The second-order valence-corrected chi connectivity index (χ2v) is 7.58. The van der Waals surface area contributed by atoms with Crippen molar-refractivity contribution in [2.24, 2.45) is 5.10 Å². The third-order valence-corrected chi connectivity index (χ3v) is 5.18. The van der Waals surface area contributed by atoms with Gasteiger partial charge in [-0.2, -0.15) is 5.10 Å². The molecule has 0 aliphatic rings. The maximum atomic E-state index is 12.3. The van der Waals surface area contributed by atoms with Crippen LogP contribution in [0.1, 0.15) is 32.2 Å². The molecule has 1 amide bonds. The standard InChI is InChI=1S/C23H17BrN2O5/c1-13-17(4-3-5-18(13)23(28)29-2)20-9-7-16(30-20)12-25-26-22(27)21-11-14-10-15(24)6-8-19(14)31-21/h3-12H,1-2H3,(H,26,27)/b25-12+. The van der Waals surface area contributed by atoms with Gasteiger partial charge in [0.1, 0.15) is 17.1 Å². The fourth-order valence-electron chi connectivity index (χ4n) is 3.14. The molecule has 0 aliphatic carbocycles. The van der Waals surface area contributed by atoms with Crippen molar-refractivity contribution < 1.29 is 23.2 Å². The van der Waals surface area contributed by atoms with Crippen molar-refractivity contribution in [3.05, 3.63) is 81.7 Å². The minimum Gasteiger partial charge on any atom is -0.465 e. The molecule has 4 rings (SSSR count). The second-order valence-electron chi connectivity index (χ2n) is 6.66. The van der Waals surface area contributed by atoms with Crippen LogP contribution in [0, 0.1) is 6.92 Å². The molecule has 0 bridgehead atoms. The molecule has 0 radical (unpaired) electrons.